The smallest absolute Gasteiger partial charge is 0.139 e. The Morgan fingerprint density at radius 3 is 2.63 bits per heavy atom. The molecule has 2 nitrogen and oxygen atoms in total. The molecule has 0 radical (unpaired) electrons. The van der Waals surface area contributed by atoms with E-state index in [4.69, 9.17) is 17.3 Å². The summed E-state index contributed by atoms with van der Waals surface area (Å²) in [6.45, 7) is 0. The van der Waals surface area contributed by atoms with Gasteiger partial charge >= 0.3 is 0 Å². The van der Waals surface area contributed by atoms with Gasteiger partial charge in [0.05, 0.1) is 0 Å². The summed E-state index contributed by atoms with van der Waals surface area (Å²) >= 11 is 5.93. The third-order valence-corrected chi connectivity index (χ3v) is 4.19. The van der Waals surface area contributed by atoms with Crippen molar-refractivity contribution in [3.8, 4) is 0 Å². The molecule has 0 spiro atoms. The number of benzene rings is 1. The lowest BCUT2D eigenvalue weighted by molar-refractivity contribution is -0.119. The van der Waals surface area contributed by atoms with Crippen molar-refractivity contribution in [2.75, 3.05) is 0 Å². The fourth-order valence-corrected chi connectivity index (χ4v) is 3.02. The lowest BCUT2D eigenvalue weighted by Crippen LogP contribution is -2.43. The van der Waals surface area contributed by atoms with Gasteiger partial charge in [-0.25, -0.2) is 4.39 Å². The van der Waals surface area contributed by atoms with E-state index in [0.29, 0.717) is 11.4 Å². The molecule has 19 heavy (non-hydrogen) atoms. The maximum absolute atomic E-state index is 13.6. The van der Waals surface area contributed by atoms with Crippen LogP contribution in [0.1, 0.15) is 44.1 Å². The molecule has 1 saturated carbocycles. The predicted octanol–water partition coefficient (Wildman–Crippen LogP) is 3.64. The second-order valence-electron chi connectivity index (χ2n) is 5.52. The van der Waals surface area contributed by atoms with Crippen LogP contribution in [0.25, 0.3) is 0 Å². The van der Waals surface area contributed by atoms with Gasteiger partial charge in [-0.05, 0) is 25.0 Å². The molecule has 0 aliphatic heterocycles. The van der Waals surface area contributed by atoms with Gasteiger partial charge < -0.3 is 5.73 Å². The monoisotopic (exact) mass is 283 g/mol. The topological polar surface area (TPSA) is 43.1 Å². The van der Waals surface area contributed by atoms with E-state index >= 15 is 0 Å². The molecule has 0 heterocycles. The number of Topliss-reactive ketones (excluding diaryl/α,β-unsaturated/α-hetero) is 1. The zero-order valence-corrected chi connectivity index (χ0v) is 11.7. The molecule has 1 aliphatic carbocycles. The van der Waals surface area contributed by atoms with Gasteiger partial charge in [0.25, 0.3) is 0 Å². The van der Waals surface area contributed by atoms with Crippen molar-refractivity contribution in [1.29, 1.82) is 0 Å². The summed E-state index contributed by atoms with van der Waals surface area (Å²) in [5, 5.41) is 0.308. The van der Waals surface area contributed by atoms with E-state index < -0.39 is 11.4 Å². The lowest BCUT2D eigenvalue weighted by Gasteiger charge is -2.32. The molecule has 1 aromatic rings. The number of rotatable bonds is 4. The van der Waals surface area contributed by atoms with Crippen molar-refractivity contribution in [2.24, 2.45) is 5.73 Å². The number of carbonyl (C=O) groups excluding carboxylic acids is 1. The summed E-state index contributed by atoms with van der Waals surface area (Å²) in [7, 11) is 0. The summed E-state index contributed by atoms with van der Waals surface area (Å²) < 4.78 is 13.6. The average Bonchev–Trinajstić information content (AvgIpc) is 2.34. The molecule has 4 heteroatoms. The highest BCUT2D eigenvalue weighted by Crippen LogP contribution is 2.30. The van der Waals surface area contributed by atoms with Crippen LogP contribution in [0.5, 0.6) is 0 Å². The van der Waals surface area contributed by atoms with Crippen LogP contribution >= 0.6 is 11.6 Å². The summed E-state index contributed by atoms with van der Waals surface area (Å²) in [5.41, 5.74) is 6.13. The van der Waals surface area contributed by atoms with Crippen molar-refractivity contribution in [2.45, 2.75) is 50.5 Å². The maximum Gasteiger partial charge on any atom is 0.139 e. The molecule has 1 aliphatic rings. The molecular formula is C15H19ClFNO. The number of ketones is 1. The van der Waals surface area contributed by atoms with Gasteiger partial charge in [0.1, 0.15) is 11.6 Å². The molecule has 1 aromatic carbocycles. The Balaban J connectivity index is 2.01. The Morgan fingerprint density at radius 2 is 2.00 bits per heavy atom. The highest BCUT2D eigenvalue weighted by atomic mass is 35.5. The first-order valence-electron chi connectivity index (χ1n) is 6.74. The van der Waals surface area contributed by atoms with Crippen LogP contribution in [0.4, 0.5) is 4.39 Å². The van der Waals surface area contributed by atoms with Crippen molar-refractivity contribution in [1.82, 2.24) is 0 Å². The average molecular weight is 284 g/mol. The molecule has 0 atom stereocenters. The zero-order valence-electron chi connectivity index (χ0n) is 10.9. The summed E-state index contributed by atoms with van der Waals surface area (Å²) in [6.07, 6.45) is 5.44. The van der Waals surface area contributed by atoms with Crippen molar-refractivity contribution in [3.63, 3.8) is 0 Å². The maximum atomic E-state index is 13.6. The SMILES string of the molecule is NC1(CC(=O)Cc2c(F)cccc2Cl)CCCCC1. The highest BCUT2D eigenvalue weighted by Gasteiger charge is 2.30. The zero-order chi connectivity index (χ0) is 13.9. The molecule has 0 bridgehead atoms. The molecular weight excluding hydrogens is 265 g/mol. The molecule has 1 fully saturated rings. The first-order valence-corrected chi connectivity index (χ1v) is 7.11. The van der Waals surface area contributed by atoms with Gasteiger partial charge in [0.15, 0.2) is 0 Å². The minimum absolute atomic E-state index is 0.0311. The predicted molar refractivity (Wildman–Crippen MR) is 74.7 cm³/mol. The third kappa shape index (κ3) is 3.77. The van der Waals surface area contributed by atoms with Crippen LogP contribution in [0.2, 0.25) is 5.02 Å². The highest BCUT2D eigenvalue weighted by molar-refractivity contribution is 6.31. The first kappa shape index (κ1) is 14.5. The lowest BCUT2D eigenvalue weighted by atomic mass is 9.78. The Kier molecular flexibility index (Phi) is 4.58. The first-order chi connectivity index (χ1) is 9.00. The van der Waals surface area contributed by atoms with Crippen LogP contribution in [-0.4, -0.2) is 11.3 Å². The van der Waals surface area contributed by atoms with Gasteiger partial charge in [-0.1, -0.05) is 36.9 Å². The second-order valence-corrected chi connectivity index (χ2v) is 5.92. The quantitative estimate of drug-likeness (QED) is 0.917. The molecule has 2 rings (SSSR count). The van der Waals surface area contributed by atoms with Gasteiger partial charge in [0.2, 0.25) is 0 Å². The summed E-state index contributed by atoms with van der Waals surface area (Å²) in [4.78, 5) is 12.1. The number of hydrogen-bond donors (Lipinski definition) is 1. The van der Waals surface area contributed by atoms with Crippen LogP contribution in [-0.2, 0) is 11.2 Å². The van der Waals surface area contributed by atoms with E-state index in [1.165, 1.54) is 18.6 Å². The fourth-order valence-electron chi connectivity index (χ4n) is 2.79. The molecule has 0 amide bonds. The number of nitrogens with two attached hydrogens (primary N) is 1. The number of hydrogen-bond acceptors (Lipinski definition) is 2. The van der Waals surface area contributed by atoms with E-state index in [0.717, 1.165) is 25.7 Å². The standard InChI is InChI=1S/C15H19ClFNO/c16-13-5-4-6-14(17)12(13)9-11(19)10-15(18)7-2-1-3-8-15/h4-6H,1-3,7-10,18H2. The van der Waals surface area contributed by atoms with Crippen molar-refractivity contribution in [3.05, 3.63) is 34.6 Å². The minimum Gasteiger partial charge on any atom is -0.325 e. The number of carbonyl (C=O) groups is 1. The Hall–Kier alpha value is -0.930. The van der Waals surface area contributed by atoms with E-state index in [1.807, 2.05) is 0 Å². The molecule has 0 aromatic heterocycles. The summed E-state index contributed by atoms with van der Waals surface area (Å²) in [5.74, 6) is -0.452. The van der Waals surface area contributed by atoms with Crippen molar-refractivity contribution >= 4 is 17.4 Å². The van der Waals surface area contributed by atoms with Gasteiger partial charge in [-0.15, -0.1) is 0 Å². The fraction of sp³-hybridized carbons (Fsp3) is 0.533. The van der Waals surface area contributed by atoms with Gasteiger partial charge in [0, 0.05) is 29.0 Å². The summed E-state index contributed by atoms with van der Waals surface area (Å²) in [6, 6.07) is 4.47. The van der Waals surface area contributed by atoms with E-state index in [-0.39, 0.29) is 17.8 Å². The van der Waals surface area contributed by atoms with Crippen LogP contribution in [0.15, 0.2) is 18.2 Å². The number of halogens is 2. The molecule has 104 valence electrons. The van der Waals surface area contributed by atoms with Gasteiger partial charge in [-0.2, -0.15) is 0 Å². The van der Waals surface area contributed by atoms with Gasteiger partial charge in [-0.3, -0.25) is 4.79 Å². The molecule has 0 unspecified atom stereocenters. The molecule has 0 saturated heterocycles. The second kappa shape index (κ2) is 6.02. The minimum atomic E-state index is -0.421. The Labute approximate surface area is 118 Å². The van der Waals surface area contributed by atoms with E-state index in [2.05, 4.69) is 0 Å². The van der Waals surface area contributed by atoms with Crippen LogP contribution in [0, 0.1) is 5.82 Å². The normalized spacial score (nSPS) is 18.3. The molecule has 2 N–H and O–H groups in total. The van der Waals surface area contributed by atoms with E-state index in [1.54, 1.807) is 6.07 Å². The van der Waals surface area contributed by atoms with Crippen LogP contribution < -0.4 is 5.73 Å². The van der Waals surface area contributed by atoms with Crippen molar-refractivity contribution < 1.29 is 9.18 Å². The third-order valence-electron chi connectivity index (χ3n) is 3.83. The Morgan fingerprint density at radius 1 is 1.32 bits per heavy atom. The largest absolute Gasteiger partial charge is 0.325 e. The van der Waals surface area contributed by atoms with Crippen LogP contribution in [0.3, 0.4) is 0 Å². The van der Waals surface area contributed by atoms with E-state index in [9.17, 15) is 9.18 Å². The Bertz CT molecular complexity index is 449.